The number of benzene rings is 3. The molecule has 1 fully saturated rings. The lowest BCUT2D eigenvalue weighted by molar-refractivity contribution is 0.0914. The zero-order valence-electron chi connectivity index (χ0n) is 23.4. The van der Waals surface area contributed by atoms with Crippen molar-refractivity contribution >= 4 is 39.7 Å². The molecule has 1 atom stereocenters. The first kappa shape index (κ1) is 32.2. The number of rotatable bonds is 12. The van der Waals surface area contributed by atoms with Crippen LogP contribution in [0.2, 0.25) is 0 Å². The number of hydrogen-bond acceptors (Lipinski definition) is 7. The Morgan fingerprint density at radius 2 is 1.51 bits per heavy atom. The molecule has 4 N–H and O–H groups in total. The predicted molar refractivity (Wildman–Crippen MR) is 166 cm³/mol. The second-order valence-electron chi connectivity index (χ2n) is 10.2. The molecule has 3 aromatic carbocycles. The van der Waals surface area contributed by atoms with Crippen molar-refractivity contribution in [2.45, 2.75) is 44.9 Å². The largest absolute Gasteiger partial charge is 0.457 e. The Labute approximate surface area is 248 Å². The molecule has 1 saturated heterocycles. The summed E-state index contributed by atoms with van der Waals surface area (Å²) in [5.41, 5.74) is 3.29. The third-order valence-corrected chi connectivity index (χ3v) is 7.40. The third-order valence-electron chi connectivity index (χ3n) is 6.80. The number of ether oxygens (including phenoxy) is 1. The molecule has 11 heteroatoms. The maximum Gasteiger partial charge on any atom is 0.251 e. The van der Waals surface area contributed by atoms with Gasteiger partial charge < -0.3 is 20.5 Å². The summed E-state index contributed by atoms with van der Waals surface area (Å²) in [4.78, 5) is 14.7. The van der Waals surface area contributed by atoms with Crippen LogP contribution >= 0.6 is 12.4 Å². The second kappa shape index (κ2) is 15.1. The topological polar surface area (TPSA) is 120 Å². The van der Waals surface area contributed by atoms with Crippen LogP contribution in [0, 0.1) is 0 Å². The number of carbonyl (C=O) groups excluding carboxylic acids is 1. The summed E-state index contributed by atoms with van der Waals surface area (Å²) >= 11 is 0. The highest BCUT2D eigenvalue weighted by molar-refractivity contribution is 7.92. The number of piperidine rings is 1. The van der Waals surface area contributed by atoms with Crippen LogP contribution in [0.3, 0.4) is 0 Å². The summed E-state index contributed by atoms with van der Waals surface area (Å²) in [5.74, 6) is 1.17. The third kappa shape index (κ3) is 10.6. The summed E-state index contributed by atoms with van der Waals surface area (Å²) in [7, 11) is -3.31. The lowest BCUT2D eigenvalue weighted by atomic mass is 10.0. The average Bonchev–Trinajstić information content (AvgIpc) is 2.94. The number of amides is 1. The van der Waals surface area contributed by atoms with Crippen LogP contribution in [0.4, 0.5) is 11.4 Å². The van der Waals surface area contributed by atoms with E-state index in [4.69, 9.17) is 4.74 Å². The Kier molecular flexibility index (Phi) is 11.8. The fraction of sp³-hybridized carbons (Fsp3) is 0.367. The molecule has 1 unspecified atom stereocenters. The fourth-order valence-electron chi connectivity index (χ4n) is 4.51. The van der Waals surface area contributed by atoms with Crippen molar-refractivity contribution in [2.24, 2.45) is 0 Å². The number of carbonyl (C=O) groups is 1. The zero-order valence-corrected chi connectivity index (χ0v) is 25.0. The number of sulfonamides is 1. The van der Waals surface area contributed by atoms with Gasteiger partial charge in [-0.05, 0) is 85.5 Å². The highest BCUT2D eigenvalue weighted by atomic mass is 35.5. The number of halogens is 1. The van der Waals surface area contributed by atoms with Gasteiger partial charge in [0.2, 0.25) is 10.0 Å². The smallest absolute Gasteiger partial charge is 0.251 e. The first-order chi connectivity index (χ1) is 19.2. The van der Waals surface area contributed by atoms with Crippen LogP contribution < -0.4 is 20.1 Å². The normalized spacial score (nSPS) is 14.9. The molecular formula is C30H39ClN4O5S. The molecule has 9 nitrogen and oxygen atoms in total. The van der Waals surface area contributed by atoms with E-state index >= 15 is 0 Å². The summed E-state index contributed by atoms with van der Waals surface area (Å²) < 4.78 is 31.0. The summed E-state index contributed by atoms with van der Waals surface area (Å²) in [6.45, 7) is 4.99. The van der Waals surface area contributed by atoms with E-state index in [0.29, 0.717) is 29.5 Å². The number of aliphatic hydroxyl groups excluding tert-OH is 1. The molecule has 222 valence electrons. The van der Waals surface area contributed by atoms with Gasteiger partial charge in [0.25, 0.3) is 5.91 Å². The van der Waals surface area contributed by atoms with E-state index in [1.807, 2.05) is 43.3 Å². The number of likely N-dealkylation sites (tertiary alicyclic amines) is 1. The first-order valence-corrected chi connectivity index (χ1v) is 15.5. The number of nitrogens with one attached hydrogen (secondary N) is 3. The Bertz CT molecular complexity index is 1350. The SMILES string of the molecule is CCC(O)CNC(=O)c1ccc(NC2CCN(Cc3ccc(Oc4ccc(NS(C)(=O)=O)cc4)cc3)CC2)cc1.Cl. The highest BCUT2D eigenvalue weighted by Gasteiger charge is 2.19. The van der Waals surface area contributed by atoms with Gasteiger partial charge in [0.05, 0.1) is 12.4 Å². The molecule has 4 rings (SSSR count). The maximum absolute atomic E-state index is 12.2. The molecule has 1 aliphatic heterocycles. The standard InChI is InChI=1S/C30H38N4O5S.ClH/c1-3-27(35)20-31-30(36)23-6-8-24(9-7-23)32-25-16-18-34(19-17-25)21-22-4-12-28(13-5-22)39-29-14-10-26(11-15-29)33-40(2,37)38;/h4-15,25,27,32-33,35H,3,16-21H2,1-2H3,(H,31,36);1H. The van der Waals surface area contributed by atoms with Gasteiger partial charge in [-0.3, -0.25) is 14.4 Å². The maximum atomic E-state index is 12.2. The fourth-order valence-corrected chi connectivity index (χ4v) is 5.07. The van der Waals surface area contributed by atoms with Crippen molar-refractivity contribution in [1.82, 2.24) is 10.2 Å². The van der Waals surface area contributed by atoms with E-state index in [-0.39, 0.29) is 24.9 Å². The number of aliphatic hydroxyl groups is 1. The molecule has 0 bridgehead atoms. The van der Waals surface area contributed by atoms with Gasteiger partial charge in [0.1, 0.15) is 11.5 Å². The summed E-state index contributed by atoms with van der Waals surface area (Å²) in [6.07, 6.45) is 3.26. The Morgan fingerprint density at radius 1 is 0.951 bits per heavy atom. The Morgan fingerprint density at radius 3 is 2.07 bits per heavy atom. The zero-order chi connectivity index (χ0) is 28.5. The van der Waals surface area contributed by atoms with Crippen LogP contribution in [0.5, 0.6) is 11.5 Å². The second-order valence-corrected chi connectivity index (χ2v) is 11.9. The molecule has 0 spiro atoms. The molecule has 3 aromatic rings. The summed E-state index contributed by atoms with van der Waals surface area (Å²) in [5, 5.41) is 16.0. The van der Waals surface area contributed by atoms with Gasteiger partial charge in [0.15, 0.2) is 0 Å². The van der Waals surface area contributed by atoms with E-state index in [9.17, 15) is 18.3 Å². The van der Waals surface area contributed by atoms with Gasteiger partial charge in [-0.15, -0.1) is 12.4 Å². The molecule has 0 saturated carbocycles. The van der Waals surface area contributed by atoms with E-state index in [0.717, 1.165) is 50.2 Å². The lowest BCUT2D eigenvalue weighted by Gasteiger charge is -2.33. The van der Waals surface area contributed by atoms with E-state index in [2.05, 4.69) is 32.4 Å². The molecule has 1 aliphatic rings. The van der Waals surface area contributed by atoms with Crippen molar-refractivity contribution in [3.8, 4) is 11.5 Å². The van der Waals surface area contributed by atoms with Crippen LogP contribution in [0.1, 0.15) is 42.1 Å². The highest BCUT2D eigenvalue weighted by Crippen LogP contribution is 2.25. The number of anilines is 2. The minimum atomic E-state index is -3.31. The molecule has 0 radical (unpaired) electrons. The van der Waals surface area contributed by atoms with Crippen molar-refractivity contribution in [2.75, 3.05) is 35.9 Å². The van der Waals surface area contributed by atoms with Crippen molar-refractivity contribution in [3.63, 3.8) is 0 Å². The quantitative estimate of drug-likeness (QED) is 0.234. The van der Waals surface area contributed by atoms with E-state index < -0.39 is 16.1 Å². The molecular weight excluding hydrogens is 564 g/mol. The van der Waals surface area contributed by atoms with Gasteiger partial charge in [0, 0.05) is 49.2 Å². The van der Waals surface area contributed by atoms with Gasteiger partial charge in [-0.1, -0.05) is 19.1 Å². The van der Waals surface area contributed by atoms with Gasteiger partial charge >= 0.3 is 0 Å². The molecule has 1 amide bonds. The van der Waals surface area contributed by atoms with Crippen LogP contribution in [-0.2, 0) is 16.6 Å². The molecule has 0 aliphatic carbocycles. The molecule has 0 aromatic heterocycles. The monoisotopic (exact) mass is 602 g/mol. The van der Waals surface area contributed by atoms with E-state index in [1.165, 1.54) is 5.56 Å². The minimum Gasteiger partial charge on any atom is -0.457 e. The van der Waals surface area contributed by atoms with Crippen molar-refractivity contribution in [3.05, 3.63) is 83.9 Å². The van der Waals surface area contributed by atoms with Crippen molar-refractivity contribution in [1.29, 1.82) is 0 Å². The number of hydrogen-bond donors (Lipinski definition) is 4. The van der Waals surface area contributed by atoms with Crippen LogP contribution in [0.15, 0.2) is 72.8 Å². The molecule has 1 heterocycles. The van der Waals surface area contributed by atoms with Gasteiger partial charge in [-0.25, -0.2) is 8.42 Å². The summed E-state index contributed by atoms with van der Waals surface area (Å²) in [6, 6.07) is 22.7. The van der Waals surface area contributed by atoms with Crippen LogP contribution in [0.25, 0.3) is 0 Å². The number of nitrogens with zero attached hydrogens (tertiary/aromatic N) is 1. The predicted octanol–water partition coefficient (Wildman–Crippen LogP) is 4.85. The first-order valence-electron chi connectivity index (χ1n) is 13.6. The average molecular weight is 603 g/mol. The van der Waals surface area contributed by atoms with Crippen LogP contribution in [-0.4, -0.2) is 62.4 Å². The van der Waals surface area contributed by atoms with E-state index in [1.54, 1.807) is 24.3 Å². The Hall–Kier alpha value is -3.31. The van der Waals surface area contributed by atoms with Gasteiger partial charge in [-0.2, -0.15) is 0 Å². The molecule has 41 heavy (non-hydrogen) atoms. The minimum absolute atomic E-state index is 0. The lowest BCUT2D eigenvalue weighted by Crippen LogP contribution is -2.38. The Balaban J connectivity index is 0.00000462. The van der Waals surface area contributed by atoms with Crippen molar-refractivity contribution < 1.29 is 23.1 Å².